The minimum absolute atomic E-state index is 0.373. The molecule has 0 bridgehead atoms. The molecule has 0 saturated carbocycles. The average molecular weight is 162 g/mol. The van der Waals surface area contributed by atoms with Crippen LogP contribution in [0.3, 0.4) is 0 Å². The Morgan fingerprint density at radius 1 is 1.33 bits per heavy atom. The van der Waals surface area contributed by atoms with Gasteiger partial charge in [-0.15, -0.1) is 0 Å². The van der Waals surface area contributed by atoms with E-state index >= 15 is 0 Å². The summed E-state index contributed by atoms with van der Waals surface area (Å²) in [6.45, 7) is 0. The average Bonchev–Trinajstić information content (AvgIpc) is 2.49. The first kappa shape index (κ1) is 7.33. The van der Waals surface area contributed by atoms with Gasteiger partial charge in [0.25, 0.3) is 0 Å². The molecule has 0 spiro atoms. The standard InChI is InChI=1S/C7H7BN2O2/c11-8(12)7-5-9-4-6-2-1-3-10(6)7/h1-5,11-12H. The molecule has 0 fully saturated rings. The second-order valence-electron chi connectivity index (χ2n) is 2.51. The third-order valence-electron chi connectivity index (χ3n) is 1.74. The molecule has 0 aromatic carbocycles. The van der Waals surface area contributed by atoms with Gasteiger partial charge in [0.05, 0.1) is 17.3 Å². The normalized spacial score (nSPS) is 10.5. The molecule has 2 heterocycles. The van der Waals surface area contributed by atoms with Crippen LogP contribution in [0.5, 0.6) is 0 Å². The maximum absolute atomic E-state index is 8.93. The van der Waals surface area contributed by atoms with Crippen molar-refractivity contribution in [3.05, 3.63) is 30.7 Å². The third-order valence-corrected chi connectivity index (χ3v) is 1.74. The fourth-order valence-electron chi connectivity index (χ4n) is 1.18. The lowest BCUT2D eigenvalue weighted by Crippen LogP contribution is -2.35. The smallest absolute Gasteiger partial charge is 0.422 e. The highest BCUT2D eigenvalue weighted by molar-refractivity contribution is 6.57. The van der Waals surface area contributed by atoms with Gasteiger partial charge in [-0.05, 0) is 12.1 Å². The predicted octanol–water partition coefficient (Wildman–Crippen LogP) is -0.986. The van der Waals surface area contributed by atoms with Crippen LogP contribution in [0.1, 0.15) is 0 Å². The van der Waals surface area contributed by atoms with Crippen LogP contribution in [0.15, 0.2) is 30.7 Å². The Morgan fingerprint density at radius 3 is 2.92 bits per heavy atom. The zero-order valence-electron chi connectivity index (χ0n) is 6.25. The Balaban J connectivity index is 2.73. The van der Waals surface area contributed by atoms with E-state index in [2.05, 4.69) is 4.98 Å². The van der Waals surface area contributed by atoms with Crippen LogP contribution in [0.25, 0.3) is 5.52 Å². The van der Waals surface area contributed by atoms with Crippen LogP contribution < -0.4 is 5.59 Å². The molecule has 2 aromatic rings. The quantitative estimate of drug-likeness (QED) is 0.529. The van der Waals surface area contributed by atoms with Crippen molar-refractivity contribution in [2.75, 3.05) is 0 Å². The van der Waals surface area contributed by atoms with Crippen molar-refractivity contribution in [1.29, 1.82) is 0 Å². The van der Waals surface area contributed by atoms with Crippen molar-refractivity contribution < 1.29 is 10.0 Å². The fraction of sp³-hybridized carbons (Fsp3) is 0. The Bertz CT molecular complexity index is 399. The van der Waals surface area contributed by atoms with E-state index in [0.717, 1.165) is 5.52 Å². The first-order valence-electron chi connectivity index (χ1n) is 3.56. The molecule has 2 rings (SSSR count). The van der Waals surface area contributed by atoms with E-state index in [4.69, 9.17) is 10.0 Å². The van der Waals surface area contributed by atoms with Gasteiger partial charge < -0.3 is 14.4 Å². The van der Waals surface area contributed by atoms with Crippen molar-refractivity contribution in [2.24, 2.45) is 0 Å². The van der Waals surface area contributed by atoms with Gasteiger partial charge in [-0.3, -0.25) is 4.98 Å². The summed E-state index contributed by atoms with van der Waals surface area (Å²) in [5, 5.41) is 17.9. The summed E-state index contributed by atoms with van der Waals surface area (Å²) >= 11 is 0. The van der Waals surface area contributed by atoms with Crippen molar-refractivity contribution in [2.45, 2.75) is 0 Å². The topological polar surface area (TPSA) is 57.8 Å². The molecular formula is C7H7BN2O2. The zero-order valence-corrected chi connectivity index (χ0v) is 6.25. The van der Waals surface area contributed by atoms with Gasteiger partial charge in [0.15, 0.2) is 0 Å². The van der Waals surface area contributed by atoms with E-state index in [1.165, 1.54) is 6.20 Å². The first-order chi connectivity index (χ1) is 5.79. The Morgan fingerprint density at radius 2 is 2.17 bits per heavy atom. The number of nitrogens with zero attached hydrogens (tertiary/aromatic N) is 2. The molecule has 60 valence electrons. The Hall–Kier alpha value is -1.33. The van der Waals surface area contributed by atoms with Gasteiger partial charge >= 0.3 is 7.12 Å². The van der Waals surface area contributed by atoms with Gasteiger partial charge in [0.1, 0.15) is 0 Å². The van der Waals surface area contributed by atoms with E-state index in [0.29, 0.717) is 5.59 Å². The monoisotopic (exact) mass is 162 g/mol. The Labute approximate surface area is 69.3 Å². The molecule has 5 heteroatoms. The van der Waals surface area contributed by atoms with Gasteiger partial charge in [0.2, 0.25) is 0 Å². The van der Waals surface area contributed by atoms with E-state index in [1.807, 2.05) is 12.1 Å². The molecule has 0 saturated heterocycles. The molecule has 2 N–H and O–H groups in total. The van der Waals surface area contributed by atoms with Gasteiger partial charge in [-0.2, -0.15) is 0 Å². The number of hydrogen-bond donors (Lipinski definition) is 2. The lowest BCUT2D eigenvalue weighted by Gasteiger charge is -2.02. The van der Waals surface area contributed by atoms with Gasteiger partial charge in [-0.25, -0.2) is 0 Å². The van der Waals surface area contributed by atoms with Crippen LogP contribution in [-0.4, -0.2) is 26.6 Å². The maximum Gasteiger partial charge on any atom is 0.507 e. The van der Waals surface area contributed by atoms with E-state index < -0.39 is 7.12 Å². The number of hydrogen-bond acceptors (Lipinski definition) is 3. The van der Waals surface area contributed by atoms with Crippen molar-refractivity contribution in [3.63, 3.8) is 0 Å². The number of rotatable bonds is 1. The summed E-state index contributed by atoms with van der Waals surface area (Å²) in [4.78, 5) is 3.87. The third kappa shape index (κ3) is 0.994. The van der Waals surface area contributed by atoms with Crippen LogP contribution in [0.4, 0.5) is 0 Å². The van der Waals surface area contributed by atoms with Crippen LogP contribution in [-0.2, 0) is 0 Å². The summed E-state index contributed by atoms with van der Waals surface area (Å²) in [6, 6.07) is 3.67. The van der Waals surface area contributed by atoms with Crippen LogP contribution >= 0.6 is 0 Å². The van der Waals surface area contributed by atoms with Crippen LogP contribution in [0, 0.1) is 0 Å². The predicted molar refractivity (Wildman–Crippen MR) is 45.0 cm³/mol. The second-order valence-corrected chi connectivity index (χ2v) is 2.51. The van der Waals surface area contributed by atoms with E-state index in [1.54, 1.807) is 16.8 Å². The minimum atomic E-state index is -1.48. The first-order valence-corrected chi connectivity index (χ1v) is 3.56. The lowest BCUT2D eigenvalue weighted by atomic mass is 9.86. The van der Waals surface area contributed by atoms with E-state index in [-0.39, 0.29) is 0 Å². The molecule has 0 aliphatic carbocycles. The van der Waals surface area contributed by atoms with Crippen molar-refractivity contribution in [1.82, 2.24) is 9.38 Å². The largest absolute Gasteiger partial charge is 0.507 e. The summed E-state index contributed by atoms with van der Waals surface area (Å²) < 4.78 is 1.68. The summed E-state index contributed by atoms with van der Waals surface area (Å²) in [5.74, 6) is 0. The van der Waals surface area contributed by atoms with Crippen molar-refractivity contribution >= 4 is 18.2 Å². The fourth-order valence-corrected chi connectivity index (χ4v) is 1.18. The van der Waals surface area contributed by atoms with Gasteiger partial charge in [-0.1, -0.05) is 0 Å². The highest BCUT2D eigenvalue weighted by atomic mass is 16.4. The van der Waals surface area contributed by atoms with E-state index in [9.17, 15) is 0 Å². The molecule has 0 aliphatic heterocycles. The molecule has 0 unspecified atom stereocenters. The minimum Gasteiger partial charge on any atom is -0.422 e. The molecular weight excluding hydrogens is 155 g/mol. The molecule has 2 aromatic heterocycles. The van der Waals surface area contributed by atoms with Crippen LogP contribution in [0.2, 0.25) is 0 Å². The summed E-state index contributed by atoms with van der Waals surface area (Å²) in [7, 11) is -1.48. The molecule has 0 radical (unpaired) electrons. The zero-order chi connectivity index (χ0) is 8.55. The maximum atomic E-state index is 8.93. The number of fused-ring (bicyclic) bond motifs is 1. The summed E-state index contributed by atoms with van der Waals surface area (Å²) in [5.41, 5.74) is 1.22. The molecule has 0 aliphatic rings. The lowest BCUT2D eigenvalue weighted by molar-refractivity contribution is 0.423. The van der Waals surface area contributed by atoms with Gasteiger partial charge in [0, 0.05) is 12.4 Å². The van der Waals surface area contributed by atoms with Crippen molar-refractivity contribution in [3.8, 4) is 0 Å². The Kier molecular flexibility index (Phi) is 1.60. The molecule has 4 nitrogen and oxygen atoms in total. The molecule has 0 amide bonds. The second kappa shape index (κ2) is 2.62. The molecule has 12 heavy (non-hydrogen) atoms. The highest BCUT2D eigenvalue weighted by Crippen LogP contribution is 1.98. The SMILES string of the molecule is OB(O)c1cncc2cccn12. The summed E-state index contributed by atoms with van der Waals surface area (Å²) in [6.07, 6.45) is 4.84. The molecule has 0 atom stereocenters. The highest BCUT2D eigenvalue weighted by Gasteiger charge is 2.14. The number of aromatic nitrogens is 2.